The first-order chi connectivity index (χ1) is 0. The monoisotopic (exact) mass is 315 g/mol. The average Bonchev–Trinajstić information content (AvgIpc) is 0. The van der Waals surface area contributed by atoms with E-state index >= 15 is 0 Å². The standard InChI is InChI=1S/6FH.Pt/h6*1H;. The molecule has 0 aromatic rings. The van der Waals surface area contributed by atoms with Crippen molar-refractivity contribution in [2.75, 3.05) is 0 Å². The van der Waals surface area contributed by atoms with Gasteiger partial charge in [-0.25, -0.2) is 0 Å². The van der Waals surface area contributed by atoms with Crippen LogP contribution in [0.2, 0.25) is 0 Å². The van der Waals surface area contributed by atoms with E-state index in [1.54, 1.807) is 0 Å². The fourth-order valence-electron chi connectivity index (χ4n) is 0. The molecule has 0 amide bonds. The Morgan fingerprint density at radius 1 is 0.286 bits per heavy atom. The van der Waals surface area contributed by atoms with Crippen molar-refractivity contribution >= 4 is 0 Å². The molecule has 0 unspecified atom stereocenters. The van der Waals surface area contributed by atoms with Gasteiger partial charge in [0.25, 0.3) is 0 Å². The molecule has 0 heterocycles. The Labute approximate surface area is 50.1 Å². The minimum absolute atomic E-state index is 0. The maximum atomic E-state index is 0. The zero-order chi connectivity index (χ0) is 0. The molecule has 0 spiro atoms. The number of halogens is 6. The Kier molecular flexibility index (Phi) is 1370000. The first-order valence-electron chi connectivity index (χ1n) is 0. The Morgan fingerprint density at radius 3 is 0.286 bits per heavy atom. The summed E-state index contributed by atoms with van der Waals surface area (Å²) in [7, 11) is 0. The maximum absolute atomic E-state index is 0. The van der Waals surface area contributed by atoms with Gasteiger partial charge in [-0.3, -0.25) is 28.2 Å². The van der Waals surface area contributed by atoms with Crippen LogP contribution in [0.1, 0.15) is 0 Å². The third kappa shape index (κ3) is 1590. The summed E-state index contributed by atoms with van der Waals surface area (Å²) in [4.78, 5) is 0. The van der Waals surface area contributed by atoms with E-state index in [1.807, 2.05) is 0 Å². The summed E-state index contributed by atoms with van der Waals surface area (Å²) in [5.41, 5.74) is 0. The van der Waals surface area contributed by atoms with Crippen LogP contribution in [0.3, 0.4) is 0 Å². The van der Waals surface area contributed by atoms with Gasteiger partial charge in [-0.2, -0.15) is 0 Å². The van der Waals surface area contributed by atoms with Crippen LogP contribution < -0.4 is 0 Å². The van der Waals surface area contributed by atoms with Crippen molar-refractivity contribution in [3.8, 4) is 0 Å². The summed E-state index contributed by atoms with van der Waals surface area (Å²) in [6.45, 7) is 0. The molecule has 58 valence electrons. The molecular weight excluding hydrogens is 309 g/mol. The van der Waals surface area contributed by atoms with E-state index < -0.39 is 0 Å². The zero-order valence-corrected chi connectivity index (χ0v) is 5.04. The molecule has 0 atom stereocenters. The van der Waals surface area contributed by atoms with Crippen molar-refractivity contribution in [2.24, 2.45) is 0 Å². The summed E-state index contributed by atoms with van der Waals surface area (Å²) in [6.07, 6.45) is 0. The minimum atomic E-state index is 0. The van der Waals surface area contributed by atoms with Crippen LogP contribution in [-0.2, 0) is 21.1 Å². The van der Waals surface area contributed by atoms with Gasteiger partial charge in [0.05, 0.1) is 0 Å². The first kappa shape index (κ1) is 3970. The zero-order valence-electron chi connectivity index (χ0n) is 2.77. The molecule has 0 N–H and O–H groups in total. The van der Waals surface area contributed by atoms with Crippen LogP contribution in [-0.4, -0.2) is 0 Å². The molecule has 0 radical (unpaired) electrons. The van der Waals surface area contributed by atoms with Crippen molar-refractivity contribution in [2.45, 2.75) is 0 Å². The van der Waals surface area contributed by atoms with Crippen LogP contribution >= 0.6 is 0 Å². The molecule has 0 fully saturated rings. The van der Waals surface area contributed by atoms with Crippen LogP contribution in [0.4, 0.5) is 28.2 Å². The minimum Gasteiger partial charge on any atom is -0.269 e. The second-order valence-corrected chi connectivity index (χ2v) is 0. The number of hydrogen-bond acceptors (Lipinski definition) is 0. The first-order valence-corrected chi connectivity index (χ1v) is 0. The molecule has 0 aliphatic rings. The Morgan fingerprint density at radius 2 is 0.286 bits per heavy atom. The van der Waals surface area contributed by atoms with Gasteiger partial charge in [0.1, 0.15) is 0 Å². The topological polar surface area (TPSA) is 0 Å². The molecule has 0 bridgehead atoms. The second-order valence-electron chi connectivity index (χ2n) is 0. The van der Waals surface area contributed by atoms with Crippen molar-refractivity contribution in [1.82, 2.24) is 0 Å². The van der Waals surface area contributed by atoms with Gasteiger partial charge in [0.2, 0.25) is 0 Å². The molecule has 0 aliphatic carbocycles. The summed E-state index contributed by atoms with van der Waals surface area (Å²) in [5.74, 6) is 0. The SMILES string of the molecule is F.F.F.F.F.F.[Pt]. The maximum Gasteiger partial charge on any atom is 0 e. The molecule has 0 saturated carbocycles. The third-order valence-electron chi connectivity index (χ3n) is 0. The van der Waals surface area contributed by atoms with E-state index in [9.17, 15) is 0 Å². The third-order valence-corrected chi connectivity index (χ3v) is 0. The Balaban J connectivity index is 0. The van der Waals surface area contributed by atoms with Crippen LogP contribution in [0.5, 0.6) is 0 Å². The number of rotatable bonds is 0. The van der Waals surface area contributed by atoms with Gasteiger partial charge in [-0.15, -0.1) is 0 Å². The van der Waals surface area contributed by atoms with Crippen molar-refractivity contribution in [3.05, 3.63) is 0 Å². The molecule has 0 aliphatic heterocycles. The van der Waals surface area contributed by atoms with Crippen LogP contribution in [0.15, 0.2) is 0 Å². The van der Waals surface area contributed by atoms with E-state index in [1.165, 1.54) is 0 Å². The molecule has 0 saturated heterocycles. The summed E-state index contributed by atoms with van der Waals surface area (Å²) < 4.78 is 0. The van der Waals surface area contributed by atoms with E-state index in [0.717, 1.165) is 0 Å². The van der Waals surface area contributed by atoms with Gasteiger partial charge >= 0.3 is 0 Å². The summed E-state index contributed by atoms with van der Waals surface area (Å²) in [6, 6.07) is 0. The van der Waals surface area contributed by atoms with Crippen molar-refractivity contribution in [3.63, 3.8) is 0 Å². The molecule has 0 aromatic heterocycles. The van der Waals surface area contributed by atoms with Crippen LogP contribution in [0.25, 0.3) is 0 Å². The molecule has 7 heavy (non-hydrogen) atoms. The normalized spacial score (nSPS) is 0. The smallest absolute Gasteiger partial charge is 0 e. The molecule has 0 rings (SSSR count). The van der Waals surface area contributed by atoms with Gasteiger partial charge in [-0.1, -0.05) is 0 Å². The van der Waals surface area contributed by atoms with Gasteiger partial charge in [0.15, 0.2) is 0 Å². The predicted molar refractivity (Wildman–Crippen MR) is 15.0 cm³/mol. The molecule has 0 nitrogen and oxygen atoms in total. The van der Waals surface area contributed by atoms with Crippen LogP contribution in [0, 0.1) is 0 Å². The van der Waals surface area contributed by atoms with Gasteiger partial charge in [-0.05, 0) is 0 Å². The molecular formula is H6F6Pt. The Hall–Kier alpha value is 0.268. The largest absolute Gasteiger partial charge is 0.269 e. The van der Waals surface area contributed by atoms with Crippen molar-refractivity contribution in [1.29, 1.82) is 0 Å². The van der Waals surface area contributed by atoms with E-state index in [2.05, 4.69) is 0 Å². The molecule has 0 aromatic carbocycles. The number of hydrogen-bond donors (Lipinski definition) is 0. The van der Waals surface area contributed by atoms with Gasteiger partial charge in [0, 0.05) is 21.1 Å². The van der Waals surface area contributed by atoms with E-state index in [4.69, 9.17) is 0 Å². The second kappa shape index (κ2) is 2420. The Bertz CT molecular complexity index is 4.14. The predicted octanol–water partition coefficient (Wildman–Crippen LogP) is 0.912. The van der Waals surface area contributed by atoms with Crippen molar-refractivity contribution < 1.29 is 49.3 Å². The summed E-state index contributed by atoms with van der Waals surface area (Å²) in [5, 5.41) is 0. The summed E-state index contributed by atoms with van der Waals surface area (Å²) >= 11 is 0. The molecule has 7 heteroatoms. The quantitative estimate of drug-likeness (QED) is 0.583. The average molecular weight is 315 g/mol. The fraction of sp³-hybridized carbons (Fsp3) is 0. The van der Waals surface area contributed by atoms with E-state index in [-0.39, 0.29) is 49.3 Å². The van der Waals surface area contributed by atoms with Gasteiger partial charge < -0.3 is 0 Å². The fourth-order valence-corrected chi connectivity index (χ4v) is 0. The van der Waals surface area contributed by atoms with E-state index in [0.29, 0.717) is 0 Å².